The maximum Gasteiger partial charge on any atom is 0.275 e. The number of aromatic nitrogens is 2. The Morgan fingerprint density at radius 3 is 2.23 bits per heavy atom. The monoisotopic (exact) mass is 526 g/mol. The largest absolute Gasteiger partial charge is 0.497 e. The van der Waals surface area contributed by atoms with Crippen molar-refractivity contribution in [3.8, 4) is 17.2 Å². The van der Waals surface area contributed by atoms with Crippen molar-refractivity contribution >= 4 is 11.8 Å². The molecule has 9 heteroatoms. The smallest absolute Gasteiger partial charge is 0.275 e. The molecule has 200 valence electrons. The summed E-state index contributed by atoms with van der Waals surface area (Å²) in [5.74, 6) is 0.812. The molecule has 1 unspecified atom stereocenters. The third-order valence-corrected chi connectivity index (χ3v) is 6.15. The maximum absolute atomic E-state index is 13.9. The van der Waals surface area contributed by atoms with Gasteiger partial charge in [0.2, 0.25) is 5.91 Å². The number of amides is 2. The average molecular weight is 527 g/mol. The van der Waals surface area contributed by atoms with Gasteiger partial charge in [-0.25, -0.2) is 4.98 Å². The predicted molar refractivity (Wildman–Crippen MR) is 145 cm³/mol. The first kappa shape index (κ1) is 27.1. The minimum atomic E-state index is -1.02. The van der Waals surface area contributed by atoms with E-state index in [1.54, 1.807) is 37.4 Å². The number of nitrogens with one attached hydrogen (secondary N) is 1. The number of hydrogen-bond acceptors (Lipinski definition) is 7. The van der Waals surface area contributed by atoms with Gasteiger partial charge >= 0.3 is 0 Å². The molecule has 4 rings (SSSR count). The van der Waals surface area contributed by atoms with E-state index in [-0.39, 0.29) is 18.1 Å². The number of ether oxygens (including phenoxy) is 3. The van der Waals surface area contributed by atoms with Crippen LogP contribution in [-0.4, -0.2) is 48.0 Å². The fourth-order valence-electron chi connectivity index (χ4n) is 4.14. The summed E-state index contributed by atoms with van der Waals surface area (Å²) in [4.78, 5) is 37.6. The Kier molecular flexibility index (Phi) is 9.07. The van der Waals surface area contributed by atoms with Crippen LogP contribution in [0.4, 0.5) is 0 Å². The highest BCUT2D eigenvalue weighted by Crippen LogP contribution is 2.33. The molecule has 0 aliphatic carbocycles. The van der Waals surface area contributed by atoms with E-state index in [2.05, 4.69) is 15.3 Å². The van der Waals surface area contributed by atoms with Crippen LogP contribution in [-0.2, 0) is 17.9 Å². The van der Waals surface area contributed by atoms with Crippen LogP contribution in [0.15, 0.2) is 91.4 Å². The molecule has 1 aromatic heterocycles. The summed E-state index contributed by atoms with van der Waals surface area (Å²) in [5, 5.41) is 2.99. The highest BCUT2D eigenvalue weighted by Gasteiger charge is 2.33. The molecule has 0 saturated heterocycles. The molecule has 0 radical (unpaired) electrons. The van der Waals surface area contributed by atoms with E-state index in [0.29, 0.717) is 29.4 Å². The summed E-state index contributed by atoms with van der Waals surface area (Å²) in [6.45, 7) is 0.413. The molecular formula is C30H30N4O5. The van der Waals surface area contributed by atoms with Gasteiger partial charge in [-0.1, -0.05) is 48.5 Å². The van der Waals surface area contributed by atoms with E-state index in [4.69, 9.17) is 14.2 Å². The zero-order chi connectivity index (χ0) is 27.6. The van der Waals surface area contributed by atoms with Crippen LogP contribution in [0, 0.1) is 0 Å². The summed E-state index contributed by atoms with van der Waals surface area (Å²) in [7, 11) is 4.64. The summed E-state index contributed by atoms with van der Waals surface area (Å²) in [6, 6.07) is 21.0. The lowest BCUT2D eigenvalue weighted by Crippen LogP contribution is -2.43. The van der Waals surface area contributed by atoms with E-state index >= 15 is 0 Å². The number of rotatable bonds is 11. The van der Waals surface area contributed by atoms with Crippen LogP contribution in [0.1, 0.15) is 33.2 Å². The number of methoxy groups -OCH3 is 3. The SMILES string of the molecule is COc1ccc(CN(C(=O)c2cnccn2)C(C(=O)NCc2ccccc2)c2ccc(OC)c(OC)c2)cc1. The van der Waals surface area contributed by atoms with Crippen molar-refractivity contribution < 1.29 is 23.8 Å². The second-order valence-corrected chi connectivity index (χ2v) is 8.59. The van der Waals surface area contributed by atoms with E-state index < -0.39 is 11.9 Å². The molecule has 3 aromatic carbocycles. The normalized spacial score (nSPS) is 11.3. The Bertz CT molecular complexity index is 1380. The molecule has 0 aliphatic heterocycles. The van der Waals surface area contributed by atoms with Gasteiger partial charge in [-0.3, -0.25) is 14.6 Å². The summed E-state index contributed by atoms with van der Waals surface area (Å²) < 4.78 is 16.2. The fraction of sp³-hybridized carbons (Fsp3) is 0.200. The van der Waals surface area contributed by atoms with Gasteiger partial charge in [-0.2, -0.15) is 0 Å². The molecule has 0 bridgehead atoms. The molecule has 1 N–H and O–H groups in total. The lowest BCUT2D eigenvalue weighted by molar-refractivity contribution is -0.126. The highest BCUT2D eigenvalue weighted by atomic mass is 16.5. The van der Waals surface area contributed by atoms with Crippen LogP contribution >= 0.6 is 0 Å². The van der Waals surface area contributed by atoms with E-state index in [1.165, 1.54) is 37.7 Å². The predicted octanol–water partition coefficient (Wildman–Crippen LogP) is 4.20. The third kappa shape index (κ3) is 6.70. The molecule has 1 heterocycles. The number of benzene rings is 3. The quantitative estimate of drug-likeness (QED) is 0.312. The Balaban J connectivity index is 1.78. The van der Waals surface area contributed by atoms with Crippen molar-refractivity contribution in [1.82, 2.24) is 20.2 Å². The Morgan fingerprint density at radius 2 is 1.59 bits per heavy atom. The van der Waals surface area contributed by atoms with Gasteiger partial charge in [0, 0.05) is 25.5 Å². The standard InChI is InChI=1S/C30H30N4O5/c1-37-24-12-9-22(10-13-24)20-34(30(36)25-19-31-15-16-32-25)28(23-11-14-26(38-2)27(17-23)39-3)29(35)33-18-21-7-5-4-6-8-21/h4-17,19,28H,18,20H2,1-3H3,(H,33,35). The van der Waals surface area contributed by atoms with Crippen molar-refractivity contribution in [2.45, 2.75) is 19.1 Å². The van der Waals surface area contributed by atoms with Crippen molar-refractivity contribution in [3.63, 3.8) is 0 Å². The Labute approximate surface area is 227 Å². The second kappa shape index (κ2) is 13.0. The topological polar surface area (TPSA) is 103 Å². The molecule has 9 nitrogen and oxygen atoms in total. The average Bonchev–Trinajstić information content (AvgIpc) is 3.00. The first-order valence-electron chi connectivity index (χ1n) is 12.3. The zero-order valence-electron chi connectivity index (χ0n) is 22.0. The summed E-state index contributed by atoms with van der Waals surface area (Å²) >= 11 is 0. The van der Waals surface area contributed by atoms with Crippen molar-refractivity contribution in [2.24, 2.45) is 0 Å². The lowest BCUT2D eigenvalue weighted by atomic mass is 10.0. The Morgan fingerprint density at radius 1 is 0.846 bits per heavy atom. The Hall–Kier alpha value is -4.92. The molecule has 0 fully saturated rings. The third-order valence-electron chi connectivity index (χ3n) is 6.15. The van der Waals surface area contributed by atoms with Crippen molar-refractivity contribution in [2.75, 3.05) is 21.3 Å². The minimum absolute atomic E-state index is 0.118. The lowest BCUT2D eigenvalue weighted by Gasteiger charge is -2.31. The van der Waals surface area contributed by atoms with Gasteiger partial charge in [0.25, 0.3) is 5.91 Å². The van der Waals surface area contributed by atoms with E-state index in [0.717, 1.165) is 11.1 Å². The molecule has 1 atom stereocenters. The first-order valence-corrected chi connectivity index (χ1v) is 12.3. The summed E-state index contributed by atoms with van der Waals surface area (Å²) in [6.07, 6.45) is 4.32. The van der Waals surface area contributed by atoms with Crippen LogP contribution in [0.2, 0.25) is 0 Å². The second-order valence-electron chi connectivity index (χ2n) is 8.59. The van der Waals surface area contributed by atoms with Gasteiger partial charge in [0.1, 0.15) is 17.5 Å². The van der Waals surface area contributed by atoms with Gasteiger partial charge in [-0.15, -0.1) is 0 Å². The highest BCUT2D eigenvalue weighted by molar-refractivity contribution is 5.96. The molecular weight excluding hydrogens is 496 g/mol. The van der Waals surface area contributed by atoms with Crippen LogP contribution < -0.4 is 19.5 Å². The van der Waals surface area contributed by atoms with Crippen molar-refractivity contribution in [1.29, 1.82) is 0 Å². The van der Waals surface area contributed by atoms with Crippen LogP contribution in [0.25, 0.3) is 0 Å². The molecule has 0 saturated carbocycles. The van der Waals surface area contributed by atoms with E-state index in [9.17, 15) is 9.59 Å². The number of hydrogen-bond donors (Lipinski definition) is 1. The molecule has 4 aromatic rings. The van der Waals surface area contributed by atoms with Crippen LogP contribution in [0.5, 0.6) is 17.2 Å². The summed E-state index contributed by atoms with van der Waals surface area (Å²) in [5.41, 5.74) is 2.39. The molecule has 0 aliphatic rings. The zero-order valence-corrected chi connectivity index (χ0v) is 22.0. The van der Waals surface area contributed by atoms with Crippen LogP contribution in [0.3, 0.4) is 0 Å². The molecule has 39 heavy (non-hydrogen) atoms. The fourth-order valence-corrected chi connectivity index (χ4v) is 4.14. The van der Waals surface area contributed by atoms with Crippen molar-refractivity contribution in [3.05, 3.63) is 114 Å². The minimum Gasteiger partial charge on any atom is -0.497 e. The first-order chi connectivity index (χ1) is 19.0. The number of carbonyl (C=O) groups is 2. The number of nitrogens with zero attached hydrogens (tertiary/aromatic N) is 3. The van der Waals surface area contributed by atoms with E-state index in [1.807, 2.05) is 42.5 Å². The molecule has 0 spiro atoms. The molecule has 2 amide bonds. The van der Waals surface area contributed by atoms with Gasteiger partial charge in [0.15, 0.2) is 11.5 Å². The van der Waals surface area contributed by atoms with Gasteiger partial charge in [0.05, 0.1) is 27.5 Å². The number of carbonyl (C=O) groups excluding carboxylic acids is 2. The van der Waals surface area contributed by atoms with Gasteiger partial charge in [-0.05, 0) is 41.0 Å². The van der Waals surface area contributed by atoms with Gasteiger partial charge < -0.3 is 24.4 Å². The maximum atomic E-state index is 13.9.